The molecule has 88 valence electrons. The maximum atomic E-state index is 5.89. The van der Waals surface area contributed by atoms with Crippen LogP contribution in [0, 0.1) is 4.64 Å². The molecule has 0 aliphatic carbocycles. The van der Waals surface area contributed by atoms with E-state index in [1.807, 2.05) is 42.5 Å². The Kier molecular flexibility index (Phi) is 3.12. The highest BCUT2D eigenvalue weighted by Gasteiger charge is 2.04. The minimum Gasteiger partial charge on any atom is -0.225 e. The second-order valence-electron chi connectivity index (χ2n) is 3.83. The van der Waals surface area contributed by atoms with Crippen LogP contribution >= 0.6 is 35.2 Å². The second kappa shape index (κ2) is 4.76. The molecule has 1 heterocycles. The summed E-state index contributed by atoms with van der Waals surface area (Å²) >= 11 is 12.9. The van der Waals surface area contributed by atoms with Gasteiger partial charge in [-0.25, -0.2) is 4.98 Å². The summed E-state index contributed by atoms with van der Waals surface area (Å²) in [4.78, 5) is 4.49. The Balaban J connectivity index is 2.24. The number of fused-ring (bicyclic) bond motifs is 1. The highest BCUT2D eigenvalue weighted by atomic mass is 35.5. The van der Waals surface area contributed by atoms with E-state index in [0.29, 0.717) is 4.64 Å². The minimum absolute atomic E-state index is 0.648. The standard InChI is InChI=1S/C14H8ClNS2/c15-10-7-5-9(6-8-10)14-16-13(17)11-3-1-2-4-12(11)18-14/h1-8H. The fourth-order valence-electron chi connectivity index (χ4n) is 1.73. The number of rotatable bonds is 1. The third-order valence-corrected chi connectivity index (χ3v) is 4.28. The van der Waals surface area contributed by atoms with Gasteiger partial charge in [0.1, 0.15) is 9.65 Å². The van der Waals surface area contributed by atoms with Crippen molar-refractivity contribution in [2.45, 2.75) is 0 Å². The molecular formula is C14H8ClNS2. The van der Waals surface area contributed by atoms with E-state index in [2.05, 4.69) is 11.1 Å². The first-order chi connectivity index (χ1) is 8.74. The fourth-order valence-corrected chi connectivity index (χ4v) is 3.27. The number of halogens is 1. The zero-order valence-electron chi connectivity index (χ0n) is 9.26. The summed E-state index contributed by atoms with van der Waals surface area (Å²) in [7, 11) is 0. The quantitative estimate of drug-likeness (QED) is 0.560. The summed E-state index contributed by atoms with van der Waals surface area (Å²) in [6.45, 7) is 0. The second-order valence-corrected chi connectivity index (χ2v) is 5.68. The van der Waals surface area contributed by atoms with Crippen LogP contribution in [0.1, 0.15) is 0 Å². The highest BCUT2D eigenvalue weighted by molar-refractivity contribution is 7.71. The van der Waals surface area contributed by atoms with Gasteiger partial charge < -0.3 is 0 Å². The number of nitrogens with zero attached hydrogens (tertiary/aromatic N) is 1. The summed E-state index contributed by atoms with van der Waals surface area (Å²) < 4.78 is 1.80. The summed E-state index contributed by atoms with van der Waals surface area (Å²) in [5.41, 5.74) is 1.04. The lowest BCUT2D eigenvalue weighted by Crippen LogP contribution is -1.83. The lowest BCUT2D eigenvalue weighted by Gasteiger charge is -2.02. The van der Waals surface area contributed by atoms with Gasteiger partial charge in [-0.2, -0.15) is 0 Å². The number of benzene rings is 2. The van der Waals surface area contributed by atoms with Crippen molar-refractivity contribution in [3.63, 3.8) is 0 Å². The van der Waals surface area contributed by atoms with Crippen LogP contribution in [-0.4, -0.2) is 4.98 Å². The van der Waals surface area contributed by atoms with Gasteiger partial charge >= 0.3 is 0 Å². The molecule has 0 saturated carbocycles. The lowest BCUT2D eigenvalue weighted by atomic mass is 10.2. The molecule has 0 spiro atoms. The summed E-state index contributed by atoms with van der Waals surface area (Å²) in [5.74, 6) is 0. The van der Waals surface area contributed by atoms with Crippen molar-refractivity contribution >= 4 is 45.2 Å². The smallest absolute Gasteiger partial charge is 0.136 e. The van der Waals surface area contributed by atoms with Gasteiger partial charge in [-0.05, 0) is 18.2 Å². The van der Waals surface area contributed by atoms with Gasteiger partial charge in [-0.15, -0.1) is 11.3 Å². The molecule has 0 saturated heterocycles. The van der Waals surface area contributed by atoms with E-state index in [1.54, 1.807) is 11.3 Å². The van der Waals surface area contributed by atoms with E-state index >= 15 is 0 Å². The van der Waals surface area contributed by atoms with E-state index in [9.17, 15) is 0 Å². The Labute approximate surface area is 119 Å². The van der Waals surface area contributed by atoms with Crippen LogP contribution in [0.5, 0.6) is 0 Å². The molecule has 0 amide bonds. The number of aromatic nitrogens is 1. The van der Waals surface area contributed by atoms with Gasteiger partial charge in [-0.3, -0.25) is 0 Å². The molecule has 3 rings (SSSR count). The van der Waals surface area contributed by atoms with Crippen molar-refractivity contribution in [3.8, 4) is 10.6 Å². The van der Waals surface area contributed by atoms with Crippen LogP contribution in [0.4, 0.5) is 0 Å². The van der Waals surface area contributed by atoms with Crippen molar-refractivity contribution in [3.05, 3.63) is 58.2 Å². The predicted molar refractivity (Wildman–Crippen MR) is 80.9 cm³/mol. The van der Waals surface area contributed by atoms with E-state index in [4.69, 9.17) is 23.8 Å². The number of hydrogen-bond donors (Lipinski definition) is 0. The zero-order valence-corrected chi connectivity index (χ0v) is 11.6. The van der Waals surface area contributed by atoms with E-state index in [0.717, 1.165) is 25.7 Å². The van der Waals surface area contributed by atoms with Crippen molar-refractivity contribution in [2.75, 3.05) is 0 Å². The van der Waals surface area contributed by atoms with E-state index in [1.165, 1.54) is 0 Å². The molecule has 0 aliphatic rings. The van der Waals surface area contributed by atoms with Crippen molar-refractivity contribution in [1.82, 2.24) is 4.98 Å². The zero-order chi connectivity index (χ0) is 12.5. The van der Waals surface area contributed by atoms with E-state index in [-0.39, 0.29) is 0 Å². The maximum Gasteiger partial charge on any atom is 0.136 e. The molecular weight excluding hydrogens is 282 g/mol. The van der Waals surface area contributed by atoms with Crippen LogP contribution in [0.3, 0.4) is 0 Å². The monoisotopic (exact) mass is 289 g/mol. The van der Waals surface area contributed by atoms with E-state index < -0.39 is 0 Å². The molecule has 0 aliphatic heterocycles. The Bertz CT molecular complexity index is 763. The Morgan fingerprint density at radius 2 is 1.72 bits per heavy atom. The molecule has 0 N–H and O–H groups in total. The van der Waals surface area contributed by atoms with Crippen LogP contribution < -0.4 is 0 Å². The fraction of sp³-hybridized carbons (Fsp3) is 0. The third-order valence-electron chi connectivity index (χ3n) is 2.62. The van der Waals surface area contributed by atoms with Crippen molar-refractivity contribution < 1.29 is 0 Å². The predicted octanol–water partition coefficient (Wildman–Crippen LogP) is 5.35. The first-order valence-electron chi connectivity index (χ1n) is 5.40. The van der Waals surface area contributed by atoms with Gasteiger partial charge in [0.15, 0.2) is 0 Å². The molecule has 1 nitrogen and oxygen atoms in total. The topological polar surface area (TPSA) is 12.9 Å². The van der Waals surface area contributed by atoms with Gasteiger partial charge in [-0.1, -0.05) is 54.2 Å². The van der Waals surface area contributed by atoms with Gasteiger partial charge in [0.25, 0.3) is 0 Å². The highest BCUT2D eigenvalue weighted by Crippen LogP contribution is 2.29. The Morgan fingerprint density at radius 3 is 2.50 bits per heavy atom. The molecule has 0 atom stereocenters. The SMILES string of the molecule is S=c1nc(-c2ccc(Cl)cc2)sc2ccccc12. The Morgan fingerprint density at radius 1 is 1.00 bits per heavy atom. The van der Waals surface area contributed by atoms with Gasteiger partial charge in [0, 0.05) is 20.7 Å². The molecule has 2 aromatic carbocycles. The third kappa shape index (κ3) is 2.17. The molecule has 1 aromatic heterocycles. The summed E-state index contributed by atoms with van der Waals surface area (Å²) in [6.07, 6.45) is 0. The first kappa shape index (κ1) is 11.8. The average Bonchev–Trinajstić information content (AvgIpc) is 2.39. The van der Waals surface area contributed by atoms with Gasteiger partial charge in [0.05, 0.1) is 0 Å². The lowest BCUT2D eigenvalue weighted by molar-refractivity contribution is 1.37. The van der Waals surface area contributed by atoms with Crippen LogP contribution in [0.15, 0.2) is 48.5 Å². The molecule has 3 aromatic rings. The number of hydrogen-bond acceptors (Lipinski definition) is 3. The minimum atomic E-state index is 0.648. The van der Waals surface area contributed by atoms with Crippen LogP contribution in [0.2, 0.25) is 5.02 Å². The largest absolute Gasteiger partial charge is 0.225 e. The average molecular weight is 290 g/mol. The molecule has 0 bridgehead atoms. The molecule has 0 radical (unpaired) electrons. The maximum absolute atomic E-state index is 5.89. The van der Waals surface area contributed by atoms with Crippen LogP contribution in [-0.2, 0) is 0 Å². The normalized spacial score (nSPS) is 10.7. The molecule has 18 heavy (non-hydrogen) atoms. The Hall–Kier alpha value is -1.29. The summed E-state index contributed by atoms with van der Waals surface area (Å²) in [6, 6.07) is 15.7. The molecule has 4 heteroatoms. The summed E-state index contributed by atoms with van der Waals surface area (Å²) in [5, 5.41) is 2.69. The van der Waals surface area contributed by atoms with Crippen molar-refractivity contribution in [2.24, 2.45) is 0 Å². The van der Waals surface area contributed by atoms with Crippen LogP contribution in [0.25, 0.3) is 20.7 Å². The van der Waals surface area contributed by atoms with Gasteiger partial charge in [0.2, 0.25) is 0 Å². The first-order valence-corrected chi connectivity index (χ1v) is 7.00. The van der Waals surface area contributed by atoms with Crippen molar-refractivity contribution in [1.29, 1.82) is 0 Å². The molecule has 0 fully saturated rings. The molecule has 0 unspecified atom stereocenters.